The Morgan fingerprint density at radius 3 is 2.36 bits per heavy atom. The molecule has 1 aromatic heterocycles. The average Bonchev–Trinajstić information content (AvgIpc) is 2.86. The van der Waals surface area contributed by atoms with Gasteiger partial charge in [0.25, 0.3) is 0 Å². The van der Waals surface area contributed by atoms with E-state index in [0.29, 0.717) is 11.6 Å². The van der Waals surface area contributed by atoms with E-state index in [2.05, 4.69) is 10.5 Å². The topological polar surface area (TPSA) is 75.4 Å². The van der Waals surface area contributed by atoms with Crippen LogP contribution < -0.4 is 10.2 Å². The molecular formula is C16H19N3O3. The average molecular weight is 301 g/mol. The third kappa shape index (κ3) is 3.52. The zero-order valence-electron chi connectivity index (χ0n) is 13.1. The molecule has 0 spiro atoms. The second-order valence-electron chi connectivity index (χ2n) is 5.22. The SMILES string of the molecule is CC(=O)N(CC(=O)Nc1c(C)cccc1C)c1cc(C)on1. The lowest BCUT2D eigenvalue weighted by Crippen LogP contribution is -2.37. The summed E-state index contributed by atoms with van der Waals surface area (Å²) in [5, 5.41) is 6.63. The highest BCUT2D eigenvalue weighted by Crippen LogP contribution is 2.20. The van der Waals surface area contributed by atoms with Crippen LogP contribution >= 0.6 is 0 Å². The molecule has 0 fully saturated rings. The van der Waals surface area contributed by atoms with E-state index < -0.39 is 0 Å². The van der Waals surface area contributed by atoms with Crippen molar-refractivity contribution < 1.29 is 14.1 Å². The molecule has 1 aromatic carbocycles. The van der Waals surface area contributed by atoms with Crippen molar-refractivity contribution >= 4 is 23.3 Å². The molecule has 6 heteroatoms. The van der Waals surface area contributed by atoms with E-state index in [0.717, 1.165) is 16.8 Å². The number of aromatic nitrogens is 1. The standard InChI is InChI=1S/C16H19N3O3/c1-10-6-5-7-11(2)16(10)17-15(21)9-19(13(4)20)14-8-12(3)22-18-14/h5-8H,9H2,1-4H3,(H,17,21). The largest absolute Gasteiger partial charge is 0.360 e. The molecule has 0 saturated carbocycles. The molecule has 6 nitrogen and oxygen atoms in total. The minimum absolute atomic E-state index is 0.116. The smallest absolute Gasteiger partial charge is 0.244 e. The van der Waals surface area contributed by atoms with Crippen molar-refractivity contribution in [3.05, 3.63) is 41.2 Å². The molecule has 1 N–H and O–H groups in total. The second kappa shape index (κ2) is 6.43. The van der Waals surface area contributed by atoms with Crippen LogP contribution in [0.5, 0.6) is 0 Å². The number of rotatable bonds is 4. The van der Waals surface area contributed by atoms with E-state index in [9.17, 15) is 9.59 Å². The van der Waals surface area contributed by atoms with Crippen molar-refractivity contribution in [1.82, 2.24) is 5.16 Å². The molecule has 0 radical (unpaired) electrons. The molecule has 0 bridgehead atoms. The fourth-order valence-electron chi connectivity index (χ4n) is 2.17. The number of aryl methyl sites for hydroxylation is 3. The Labute approximate surface area is 129 Å². The number of hydrogen-bond acceptors (Lipinski definition) is 4. The normalized spacial score (nSPS) is 10.4. The monoisotopic (exact) mass is 301 g/mol. The zero-order valence-corrected chi connectivity index (χ0v) is 13.1. The van der Waals surface area contributed by atoms with Crippen molar-refractivity contribution in [2.24, 2.45) is 0 Å². The van der Waals surface area contributed by atoms with E-state index in [-0.39, 0.29) is 18.4 Å². The van der Waals surface area contributed by atoms with Gasteiger partial charge in [0.2, 0.25) is 11.8 Å². The highest BCUT2D eigenvalue weighted by molar-refractivity contribution is 6.01. The lowest BCUT2D eigenvalue weighted by molar-refractivity contribution is -0.120. The number of nitrogens with one attached hydrogen (secondary N) is 1. The first kappa shape index (κ1) is 15.8. The van der Waals surface area contributed by atoms with Gasteiger partial charge in [-0.05, 0) is 31.9 Å². The van der Waals surface area contributed by atoms with Crippen LogP contribution in [0.4, 0.5) is 11.5 Å². The molecule has 2 rings (SSSR count). The Balaban J connectivity index is 2.14. The minimum Gasteiger partial charge on any atom is -0.360 e. The second-order valence-corrected chi connectivity index (χ2v) is 5.22. The van der Waals surface area contributed by atoms with Crippen molar-refractivity contribution in [3.8, 4) is 0 Å². The maximum Gasteiger partial charge on any atom is 0.244 e. The summed E-state index contributed by atoms with van der Waals surface area (Å²) >= 11 is 0. The van der Waals surface area contributed by atoms with Crippen molar-refractivity contribution in [1.29, 1.82) is 0 Å². The number of benzene rings is 1. The zero-order chi connectivity index (χ0) is 16.3. The lowest BCUT2D eigenvalue weighted by Gasteiger charge is -2.18. The van der Waals surface area contributed by atoms with Gasteiger partial charge < -0.3 is 9.84 Å². The summed E-state index contributed by atoms with van der Waals surface area (Å²) in [6, 6.07) is 7.40. The Bertz CT molecular complexity index is 686. The summed E-state index contributed by atoms with van der Waals surface area (Å²) in [7, 11) is 0. The van der Waals surface area contributed by atoms with Crippen LogP contribution in [0.15, 0.2) is 28.8 Å². The van der Waals surface area contributed by atoms with E-state index >= 15 is 0 Å². The van der Waals surface area contributed by atoms with Gasteiger partial charge in [0.05, 0.1) is 0 Å². The number of carbonyl (C=O) groups is 2. The molecule has 116 valence electrons. The predicted molar refractivity (Wildman–Crippen MR) is 83.8 cm³/mol. The number of amides is 2. The Hall–Kier alpha value is -2.63. The van der Waals surface area contributed by atoms with Gasteiger partial charge in [-0.15, -0.1) is 0 Å². The van der Waals surface area contributed by atoms with Gasteiger partial charge in [0, 0.05) is 18.7 Å². The van der Waals surface area contributed by atoms with Gasteiger partial charge in [0.15, 0.2) is 5.82 Å². The number of hydrogen-bond donors (Lipinski definition) is 1. The van der Waals surface area contributed by atoms with Crippen molar-refractivity contribution in [2.45, 2.75) is 27.7 Å². The van der Waals surface area contributed by atoms with Crippen molar-refractivity contribution in [3.63, 3.8) is 0 Å². The number of nitrogens with zero attached hydrogens (tertiary/aromatic N) is 2. The molecule has 22 heavy (non-hydrogen) atoms. The van der Waals surface area contributed by atoms with Gasteiger partial charge >= 0.3 is 0 Å². The summed E-state index contributed by atoms with van der Waals surface area (Å²) in [5.41, 5.74) is 2.72. The molecule has 0 aliphatic heterocycles. The quantitative estimate of drug-likeness (QED) is 0.941. The van der Waals surface area contributed by atoms with Gasteiger partial charge in [-0.3, -0.25) is 14.5 Å². The van der Waals surface area contributed by atoms with Gasteiger partial charge in [0.1, 0.15) is 12.3 Å². The first-order chi connectivity index (χ1) is 10.4. The van der Waals surface area contributed by atoms with Crippen LogP contribution in [0.1, 0.15) is 23.8 Å². The van der Waals surface area contributed by atoms with Crippen LogP contribution in [-0.2, 0) is 9.59 Å². The number of anilines is 2. The van der Waals surface area contributed by atoms with Crippen LogP contribution in [-0.4, -0.2) is 23.5 Å². The Morgan fingerprint density at radius 2 is 1.86 bits per heavy atom. The Kier molecular flexibility index (Phi) is 4.60. The Morgan fingerprint density at radius 1 is 1.23 bits per heavy atom. The highest BCUT2D eigenvalue weighted by atomic mass is 16.5. The van der Waals surface area contributed by atoms with E-state index in [1.807, 2.05) is 32.0 Å². The fourth-order valence-corrected chi connectivity index (χ4v) is 2.17. The van der Waals surface area contributed by atoms with E-state index in [1.165, 1.54) is 11.8 Å². The predicted octanol–water partition coefficient (Wildman–Crippen LogP) is 2.59. The van der Waals surface area contributed by atoms with Crippen LogP contribution in [0.3, 0.4) is 0 Å². The summed E-state index contributed by atoms with van der Waals surface area (Å²) < 4.78 is 4.96. The number of carbonyl (C=O) groups excluding carboxylic acids is 2. The molecule has 0 unspecified atom stereocenters. The fraction of sp³-hybridized carbons (Fsp3) is 0.312. The van der Waals surface area contributed by atoms with Crippen molar-refractivity contribution in [2.75, 3.05) is 16.8 Å². The first-order valence-corrected chi connectivity index (χ1v) is 6.96. The highest BCUT2D eigenvalue weighted by Gasteiger charge is 2.19. The summed E-state index contributed by atoms with van der Waals surface area (Å²) in [6.45, 7) is 6.84. The molecule has 0 saturated heterocycles. The molecule has 0 aliphatic carbocycles. The summed E-state index contributed by atoms with van der Waals surface area (Å²) in [5.74, 6) is 0.358. The maximum absolute atomic E-state index is 12.2. The molecule has 2 amide bonds. The van der Waals surface area contributed by atoms with E-state index in [4.69, 9.17) is 4.52 Å². The van der Waals surface area contributed by atoms with Gasteiger partial charge in [-0.1, -0.05) is 23.4 Å². The summed E-state index contributed by atoms with van der Waals surface area (Å²) in [6.07, 6.45) is 0. The summed E-state index contributed by atoms with van der Waals surface area (Å²) in [4.78, 5) is 25.3. The van der Waals surface area contributed by atoms with Crippen LogP contribution in [0, 0.1) is 20.8 Å². The molecule has 2 aromatic rings. The first-order valence-electron chi connectivity index (χ1n) is 6.96. The molecule has 0 atom stereocenters. The molecular weight excluding hydrogens is 282 g/mol. The number of para-hydroxylation sites is 1. The van der Waals surface area contributed by atoms with Gasteiger partial charge in [-0.25, -0.2) is 0 Å². The third-order valence-electron chi connectivity index (χ3n) is 3.32. The molecule has 0 aliphatic rings. The maximum atomic E-state index is 12.2. The van der Waals surface area contributed by atoms with Crippen LogP contribution in [0.2, 0.25) is 0 Å². The third-order valence-corrected chi connectivity index (χ3v) is 3.32. The van der Waals surface area contributed by atoms with Gasteiger partial charge in [-0.2, -0.15) is 0 Å². The van der Waals surface area contributed by atoms with Crippen LogP contribution in [0.25, 0.3) is 0 Å². The lowest BCUT2D eigenvalue weighted by atomic mass is 10.1. The molecule has 1 heterocycles. The van der Waals surface area contributed by atoms with E-state index in [1.54, 1.807) is 13.0 Å². The minimum atomic E-state index is -0.284.